The number of rotatable bonds is 10. The van der Waals surface area contributed by atoms with Gasteiger partial charge in [-0.25, -0.2) is 5.06 Å². The van der Waals surface area contributed by atoms with E-state index in [1.54, 1.807) is 40.9 Å². The Kier molecular flexibility index (Phi) is 10.6. The number of methoxy groups -OCH3 is 1. The molecule has 1 saturated heterocycles. The minimum absolute atomic E-state index is 0.292. The topological polar surface area (TPSA) is 69.0 Å². The van der Waals surface area contributed by atoms with Gasteiger partial charge in [0.15, 0.2) is 5.75 Å². The second-order valence-corrected chi connectivity index (χ2v) is 13.7. The number of hydrogen-bond acceptors (Lipinski definition) is 7. The van der Waals surface area contributed by atoms with Gasteiger partial charge in [0, 0.05) is 48.4 Å². The van der Waals surface area contributed by atoms with Crippen LogP contribution in [0.2, 0.25) is 10.0 Å². The molecule has 2 aliphatic rings. The normalized spacial score (nSPS) is 14.3. The molecule has 2 heterocycles. The second kappa shape index (κ2) is 15.0. The molecule has 6 rings (SSSR count). The molecule has 0 unspecified atom stereocenters. The molecule has 0 aromatic heterocycles. The van der Waals surface area contributed by atoms with Gasteiger partial charge >= 0.3 is 0 Å². The molecule has 7 nitrogen and oxygen atoms in total. The van der Waals surface area contributed by atoms with E-state index in [1.807, 2.05) is 48.0 Å². The summed E-state index contributed by atoms with van der Waals surface area (Å²) in [6.45, 7) is 4.03. The number of carbonyl (C=O) groups excluding carboxylic acids is 1. The first-order valence-electron chi connectivity index (χ1n) is 16.3. The van der Waals surface area contributed by atoms with E-state index < -0.39 is 0 Å². The summed E-state index contributed by atoms with van der Waals surface area (Å²) in [6.07, 6.45) is 7.92. The van der Waals surface area contributed by atoms with Crippen LogP contribution in [0.15, 0.2) is 66.2 Å². The van der Waals surface area contributed by atoms with E-state index in [0.29, 0.717) is 44.2 Å². The Balaban J connectivity index is 1.53. The molecule has 248 valence electrons. The summed E-state index contributed by atoms with van der Waals surface area (Å²) in [7, 11) is 3.28. The molecule has 10 heteroatoms. The Bertz CT molecular complexity index is 1920. The number of thioether (sulfide) groups is 1. The van der Waals surface area contributed by atoms with Crippen molar-refractivity contribution in [3.8, 4) is 28.7 Å². The standard InChI is InChI=1S/C38H38Cl2N4O3S/c1-4-5-10-27-30(23-41)37(46-3)36(28-11-9-12-34(35(27)28)43-17-7-6-8-18-43)38(45)42(2)33-16-14-26(47-44-19-20-48-24-44)22-29(33)25-13-15-31(39)32(40)21-25/h9,11-16,19-22H,4-8,10,17-18,24H2,1-3H3. The number of anilines is 2. The summed E-state index contributed by atoms with van der Waals surface area (Å²) in [5.74, 6) is 1.29. The number of carbonyl (C=O) groups is 1. The highest BCUT2D eigenvalue weighted by Crippen LogP contribution is 2.44. The van der Waals surface area contributed by atoms with E-state index in [1.165, 1.54) is 13.5 Å². The van der Waals surface area contributed by atoms with Gasteiger partial charge in [-0.05, 0) is 85.0 Å². The number of aryl methyl sites for hydroxylation is 1. The molecular formula is C38H38Cl2N4O3S. The van der Waals surface area contributed by atoms with Crippen LogP contribution in [0.4, 0.5) is 11.4 Å². The SMILES string of the molecule is CCCCc1c(C#N)c(OC)c(C(=O)N(C)c2ccc(ON3C=CSC3)cc2-c2ccc(Cl)c(Cl)c2)c2cccc(N3CCCCC3)c12. The van der Waals surface area contributed by atoms with Crippen LogP contribution in [0.1, 0.15) is 60.5 Å². The summed E-state index contributed by atoms with van der Waals surface area (Å²) >= 11 is 14.4. The number of ether oxygens (including phenoxy) is 1. The monoisotopic (exact) mass is 700 g/mol. The van der Waals surface area contributed by atoms with E-state index in [9.17, 15) is 10.1 Å². The van der Waals surface area contributed by atoms with Gasteiger partial charge in [-0.1, -0.05) is 54.7 Å². The number of hydroxylamine groups is 2. The van der Waals surface area contributed by atoms with E-state index in [0.717, 1.165) is 78.3 Å². The van der Waals surface area contributed by atoms with Crippen LogP contribution in [0.3, 0.4) is 0 Å². The van der Waals surface area contributed by atoms with Crippen LogP contribution in [0, 0.1) is 11.3 Å². The van der Waals surface area contributed by atoms with Crippen molar-refractivity contribution in [3.05, 3.63) is 92.9 Å². The fraction of sp³-hybridized carbons (Fsp3) is 0.316. The predicted molar refractivity (Wildman–Crippen MR) is 199 cm³/mol. The largest absolute Gasteiger partial charge is 0.494 e. The van der Waals surface area contributed by atoms with Crippen molar-refractivity contribution in [2.24, 2.45) is 0 Å². The lowest BCUT2D eigenvalue weighted by atomic mass is 9.88. The maximum absolute atomic E-state index is 14.9. The van der Waals surface area contributed by atoms with Crippen LogP contribution in [0.25, 0.3) is 21.9 Å². The van der Waals surface area contributed by atoms with E-state index in [4.69, 9.17) is 32.8 Å². The molecule has 0 atom stereocenters. The second-order valence-electron chi connectivity index (χ2n) is 12.0. The van der Waals surface area contributed by atoms with Gasteiger partial charge in [0.25, 0.3) is 5.91 Å². The number of benzene rings is 4. The Hall–Kier alpha value is -4.03. The molecule has 1 amide bonds. The molecule has 0 aliphatic carbocycles. The van der Waals surface area contributed by atoms with Gasteiger partial charge in [0.2, 0.25) is 0 Å². The molecular weight excluding hydrogens is 663 g/mol. The molecule has 0 bridgehead atoms. The van der Waals surface area contributed by atoms with Crippen molar-refractivity contribution in [3.63, 3.8) is 0 Å². The highest BCUT2D eigenvalue weighted by atomic mass is 35.5. The number of hydrogen-bond donors (Lipinski definition) is 0. The summed E-state index contributed by atoms with van der Waals surface area (Å²) in [6, 6.07) is 19.6. The third-order valence-corrected chi connectivity index (χ3v) is 10.4. The molecule has 0 radical (unpaired) electrons. The van der Waals surface area contributed by atoms with Crippen molar-refractivity contribution in [2.45, 2.75) is 45.4 Å². The molecule has 2 aliphatic heterocycles. The fourth-order valence-corrected chi connectivity index (χ4v) is 7.50. The highest BCUT2D eigenvalue weighted by molar-refractivity contribution is 8.02. The zero-order chi connectivity index (χ0) is 33.8. The third kappa shape index (κ3) is 6.64. The number of unbranched alkanes of at least 4 members (excludes halogenated alkanes) is 1. The average molecular weight is 702 g/mol. The zero-order valence-corrected chi connectivity index (χ0v) is 29.7. The Morgan fingerprint density at radius 1 is 1.06 bits per heavy atom. The van der Waals surface area contributed by atoms with Gasteiger partial charge in [-0.15, -0.1) is 11.8 Å². The van der Waals surface area contributed by atoms with Crippen molar-refractivity contribution in [2.75, 3.05) is 42.9 Å². The van der Waals surface area contributed by atoms with Gasteiger partial charge in [0.1, 0.15) is 17.7 Å². The molecule has 4 aromatic carbocycles. The minimum Gasteiger partial charge on any atom is -0.494 e. The van der Waals surface area contributed by atoms with Crippen molar-refractivity contribution >= 4 is 63.0 Å². The fourth-order valence-electron chi connectivity index (χ4n) is 6.61. The lowest BCUT2D eigenvalue weighted by molar-refractivity contribution is 0.0169. The zero-order valence-electron chi connectivity index (χ0n) is 27.4. The van der Waals surface area contributed by atoms with Crippen LogP contribution < -0.4 is 19.4 Å². The van der Waals surface area contributed by atoms with Crippen LogP contribution in [0.5, 0.6) is 11.5 Å². The molecule has 0 saturated carbocycles. The number of fused-ring (bicyclic) bond motifs is 1. The van der Waals surface area contributed by atoms with Crippen molar-refractivity contribution < 1.29 is 14.4 Å². The minimum atomic E-state index is -0.292. The smallest absolute Gasteiger partial charge is 0.262 e. The van der Waals surface area contributed by atoms with Crippen molar-refractivity contribution in [1.29, 1.82) is 5.26 Å². The Labute approximate surface area is 296 Å². The highest BCUT2D eigenvalue weighted by Gasteiger charge is 2.30. The molecule has 4 aromatic rings. The third-order valence-electron chi connectivity index (χ3n) is 8.99. The lowest BCUT2D eigenvalue weighted by Crippen LogP contribution is -2.30. The first kappa shape index (κ1) is 33.9. The van der Waals surface area contributed by atoms with Gasteiger partial charge in [-0.2, -0.15) is 5.26 Å². The predicted octanol–water partition coefficient (Wildman–Crippen LogP) is 10.1. The summed E-state index contributed by atoms with van der Waals surface area (Å²) in [5.41, 5.74) is 4.94. The van der Waals surface area contributed by atoms with E-state index in [2.05, 4.69) is 24.0 Å². The summed E-state index contributed by atoms with van der Waals surface area (Å²) in [4.78, 5) is 25.0. The van der Waals surface area contributed by atoms with Gasteiger partial charge < -0.3 is 19.4 Å². The molecule has 1 fully saturated rings. The number of nitrogens with zero attached hydrogens (tertiary/aromatic N) is 4. The maximum atomic E-state index is 14.9. The van der Waals surface area contributed by atoms with E-state index >= 15 is 0 Å². The average Bonchev–Trinajstić information content (AvgIpc) is 3.63. The van der Waals surface area contributed by atoms with Gasteiger partial charge in [-0.3, -0.25) is 4.79 Å². The Morgan fingerprint density at radius 3 is 2.56 bits per heavy atom. The summed E-state index contributed by atoms with van der Waals surface area (Å²) in [5, 5.41) is 16.9. The quantitative estimate of drug-likeness (QED) is 0.163. The number of piperidine rings is 1. The number of nitriles is 1. The summed E-state index contributed by atoms with van der Waals surface area (Å²) < 4.78 is 5.98. The molecule has 0 N–H and O–H groups in total. The number of halogens is 2. The van der Waals surface area contributed by atoms with Crippen LogP contribution in [-0.2, 0) is 6.42 Å². The molecule has 0 spiro atoms. The Morgan fingerprint density at radius 2 is 1.88 bits per heavy atom. The van der Waals surface area contributed by atoms with Crippen molar-refractivity contribution in [1.82, 2.24) is 5.06 Å². The van der Waals surface area contributed by atoms with Crippen LogP contribution in [-0.4, -0.2) is 44.1 Å². The first-order chi connectivity index (χ1) is 23.4. The maximum Gasteiger partial charge on any atom is 0.262 e. The van der Waals surface area contributed by atoms with E-state index in [-0.39, 0.29) is 5.91 Å². The first-order valence-corrected chi connectivity index (χ1v) is 18.1. The lowest BCUT2D eigenvalue weighted by Gasteiger charge is -2.32. The van der Waals surface area contributed by atoms with Crippen LogP contribution >= 0.6 is 35.0 Å². The molecule has 48 heavy (non-hydrogen) atoms. The number of amides is 1. The van der Waals surface area contributed by atoms with Gasteiger partial charge in [0.05, 0.1) is 34.0 Å².